The van der Waals surface area contributed by atoms with Gasteiger partial charge in [-0.05, 0) is 12.5 Å². The maximum absolute atomic E-state index is 11.3. The predicted molar refractivity (Wildman–Crippen MR) is 68.8 cm³/mol. The molecule has 98 valence electrons. The van der Waals surface area contributed by atoms with Gasteiger partial charge in [-0.3, -0.25) is 10.1 Å². The molecule has 1 fully saturated rings. The standard InChI is InChI=1S/C10H11ClN2O4S/c11-8-2-1-3-9(13(14)15)10(8)12-7-4-5-18(16,17)6-7/h1-3,7,12H,4-6H2. The van der Waals surface area contributed by atoms with Gasteiger partial charge in [0.25, 0.3) is 5.69 Å². The van der Waals surface area contributed by atoms with E-state index in [9.17, 15) is 18.5 Å². The highest BCUT2D eigenvalue weighted by Crippen LogP contribution is 2.33. The Hall–Kier alpha value is -1.34. The molecule has 1 aromatic carbocycles. The molecule has 1 N–H and O–H groups in total. The van der Waals surface area contributed by atoms with Gasteiger partial charge >= 0.3 is 0 Å². The van der Waals surface area contributed by atoms with Gasteiger partial charge in [0.05, 0.1) is 21.5 Å². The highest BCUT2D eigenvalue weighted by molar-refractivity contribution is 7.91. The van der Waals surface area contributed by atoms with Crippen molar-refractivity contribution >= 4 is 32.8 Å². The molecule has 1 heterocycles. The van der Waals surface area contributed by atoms with Gasteiger partial charge in [0, 0.05) is 12.1 Å². The summed E-state index contributed by atoms with van der Waals surface area (Å²) in [5.74, 6) is 0.0816. The second-order valence-electron chi connectivity index (χ2n) is 4.14. The number of benzene rings is 1. The summed E-state index contributed by atoms with van der Waals surface area (Å²) in [7, 11) is -3.04. The lowest BCUT2D eigenvalue weighted by Gasteiger charge is -2.13. The van der Waals surface area contributed by atoms with E-state index in [4.69, 9.17) is 11.6 Å². The largest absolute Gasteiger partial charge is 0.374 e. The Kier molecular flexibility index (Phi) is 3.45. The average molecular weight is 291 g/mol. The minimum Gasteiger partial charge on any atom is -0.374 e. The highest BCUT2D eigenvalue weighted by Gasteiger charge is 2.30. The van der Waals surface area contributed by atoms with Crippen LogP contribution >= 0.6 is 11.6 Å². The maximum Gasteiger partial charge on any atom is 0.293 e. The van der Waals surface area contributed by atoms with Gasteiger partial charge in [-0.1, -0.05) is 17.7 Å². The predicted octanol–water partition coefficient (Wildman–Crippen LogP) is 1.85. The molecular formula is C10H11ClN2O4S. The molecular weight excluding hydrogens is 280 g/mol. The van der Waals surface area contributed by atoms with Crippen molar-refractivity contribution in [3.05, 3.63) is 33.3 Å². The van der Waals surface area contributed by atoms with Crippen LogP contribution in [0.3, 0.4) is 0 Å². The lowest BCUT2D eigenvalue weighted by molar-refractivity contribution is -0.384. The van der Waals surface area contributed by atoms with E-state index in [1.54, 1.807) is 0 Å². The Morgan fingerprint density at radius 2 is 2.17 bits per heavy atom. The van der Waals surface area contributed by atoms with Crippen LogP contribution in [-0.4, -0.2) is 30.9 Å². The van der Waals surface area contributed by atoms with Crippen LogP contribution in [0.4, 0.5) is 11.4 Å². The van der Waals surface area contributed by atoms with E-state index in [1.807, 2.05) is 0 Å². The fraction of sp³-hybridized carbons (Fsp3) is 0.400. The number of nitro groups is 1. The molecule has 0 radical (unpaired) electrons. The van der Waals surface area contributed by atoms with E-state index >= 15 is 0 Å². The number of anilines is 1. The minimum atomic E-state index is -3.04. The summed E-state index contributed by atoms with van der Waals surface area (Å²) in [6.45, 7) is 0. The Morgan fingerprint density at radius 3 is 2.72 bits per heavy atom. The molecule has 1 aliphatic heterocycles. The summed E-state index contributed by atoms with van der Waals surface area (Å²) in [5, 5.41) is 13.9. The summed E-state index contributed by atoms with van der Waals surface area (Å²) in [6.07, 6.45) is 0.435. The molecule has 0 aromatic heterocycles. The van der Waals surface area contributed by atoms with Crippen molar-refractivity contribution in [3.8, 4) is 0 Å². The Balaban J connectivity index is 2.27. The summed E-state index contributed by atoms with van der Waals surface area (Å²) < 4.78 is 22.7. The molecule has 0 aliphatic carbocycles. The molecule has 1 unspecified atom stereocenters. The van der Waals surface area contributed by atoms with Gasteiger partial charge in [0.2, 0.25) is 0 Å². The van der Waals surface area contributed by atoms with Gasteiger partial charge in [0.1, 0.15) is 5.69 Å². The first kappa shape index (κ1) is 13.1. The Morgan fingerprint density at radius 1 is 1.44 bits per heavy atom. The quantitative estimate of drug-likeness (QED) is 0.678. The topological polar surface area (TPSA) is 89.3 Å². The zero-order valence-corrected chi connectivity index (χ0v) is 10.9. The van der Waals surface area contributed by atoms with Crippen molar-refractivity contribution in [2.45, 2.75) is 12.5 Å². The molecule has 2 rings (SSSR count). The molecule has 1 atom stereocenters. The van der Waals surface area contributed by atoms with Gasteiger partial charge in [-0.2, -0.15) is 0 Å². The average Bonchev–Trinajstić information content (AvgIpc) is 2.61. The molecule has 0 saturated carbocycles. The van der Waals surface area contributed by atoms with Crippen LogP contribution in [0.1, 0.15) is 6.42 Å². The molecule has 0 amide bonds. The normalized spacial score (nSPS) is 21.7. The highest BCUT2D eigenvalue weighted by atomic mass is 35.5. The number of nitro benzene ring substituents is 1. The van der Waals surface area contributed by atoms with E-state index in [2.05, 4.69) is 5.32 Å². The van der Waals surface area contributed by atoms with Crippen LogP contribution in [0.15, 0.2) is 18.2 Å². The molecule has 18 heavy (non-hydrogen) atoms. The molecule has 1 aromatic rings. The third-order valence-corrected chi connectivity index (χ3v) is 4.85. The van der Waals surface area contributed by atoms with Crippen LogP contribution in [0.5, 0.6) is 0 Å². The zero-order valence-electron chi connectivity index (χ0n) is 9.30. The number of nitrogens with zero attached hydrogens (tertiary/aromatic N) is 1. The van der Waals surface area contributed by atoms with E-state index < -0.39 is 14.8 Å². The molecule has 6 nitrogen and oxygen atoms in total. The zero-order chi connectivity index (χ0) is 13.3. The monoisotopic (exact) mass is 290 g/mol. The van der Waals surface area contributed by atoms with Crippen molar-refractivity contribution in [1.82, 2.24) is 0 Å². The summed E-state index contributed by atoms with van der Waals surface area (Å²) in [5.41, 5.74) is 0.0399. The summed E-state index contributed by atoms with van der Waals surface area (Å²) in [6, 6.07) is 4.02. The second kappa shape index (κ2) is 4.74. The third-order valence-electron chi connectivity index (χ3n) is 2.77. The number of halogens is 1. The maximum atomic E-state index is 11.3. The first-order valence-corrected chi connectivity index (χ1v) is 7.49. The first-order chi connectivity index (χ1) is 8.39. The number of sulfone groups is 1. The fourth-order valence-electron chi connectivity index (χ4n) is 1.92. The Bertz CT molecular complexity index is 588. The SMILES string of the molecule is O=[N+]([O-])c1cccc(Cl)c1NC1CCS(=O)(=O)C1. The second-order valence-corrected chi connectivity index (χ2v) is 6.77. The van der Waals surface area contributed by atoms with Crippen molar-refractivity contribution in [2.75, 3.05) is 16.8 Å². The van der Waals surface area contributed by atoms with E-state index in [0.29, 0.717) is 6.42 Å². The van der Waals surface area contributed by atoms with Crippen LogP contribution in [0.25, 0.3) is 0 Å². The number of nitrogens with one attached hydrogen (secondary N) is 1. The number of rotatable bonds is 3. The first-order valence-electron chi connectivity index (χ1n) is 5.29. The molecule has 1 aliphatic rings. The molecule has 1 saturated heterocycles. The van der Waals surface area contributed by atoms with Crippen molar-refractivity contribution in [2.24, 2.45) is 0 Å². The number of para-hydroxylation sites is 1. The molecule has 0 spiro atoms. The van der Waals surface area contributed by atoms with Crippen LogP contribution < -0.4 is 5.32 Å². The van der Waals surface area contributed by atoms with E-state index in [-0.39, 0.29) is 33.9 Å². The van der Waals surface area contributed by atoms with Crippen LogP contribution in [-0.2, 0) is 9.84 Å². The van der Waals surface area contributed by atoms with Crippen LogP contribution in [0, 0.1) is 10.1 Å². The van der Waals surface area contributed by atoms with Gasteiger partial charge in [-0.25, -0.2) is 8.42 Å². The summed E-state index contributed by atoms with van der Waals surface area (Å²) >= 11 is 5.91. The molecule has 0 bridgehead atoms. The third kappa shape index (κ3) is 2.73. The lowest BCUT2D eigenvalue weighted by atomic mass is 10.2. The fourth-order valence-corrected chi connectivity index (χ4v) is 3.82. The molecule has 8 heteroatoms. The Labute approximate surface area is 109 Å². The van der Waals surface area contributed by atoms with Gasteiger partial charge in [0.15, 0.2) is 9.84 Å². The smallest absolute Gasteiger partial charge is 0.293 e. The minimum absolute atomic E-state index is 0.0185. The van der Waals surface area contributed by atoms with Crippen molar-refractivity contribution in [1.29, 1.82) is 0 Å². The summed E-state index contributed by atoms with van der Waals surface area (Å²) in [4.78, 5) is 10.3. The number of hydrogen-bond donors (Lipinski definition) is 1. The van der Waals surface area contributed by atoms with Gasteiger partial charge in [-0.15, -0.1) is 0 Å². The van der Waals surface area contributed by atoms with E-state index in [1.165, 1.54) is 18.2 Å². The number of hydrogen-bond acceptors (Lipinski definition) is 5. The van der Waals surface area contributed by atoms with Crippen molar-refractivity contribution in [3.63, 3.8) is 0 Å². The van der Waals surface area contributed by atoms with Crippen LogP contribution in [0.2, 0.25) is 5.02 Å². The van der Waals surface area contributed by atoms with Gasteiger partial charge < -0.3 is 5.32 Å². The van der Waals surface area contributed by atoms with Crippen molar-refractivity contribution < 1.29 is 13.3 Å². The lowest BCUT2D eigenvalue weighted by Crippen LogP contribution is -2.21. The van der Waals surface area contributed by atoms with E-state index in [0.717, 1.165) is 0 Å².